The Morgan fingerprint density at radius 2 is 2.00 bits per heavy atom. The van der Waals surface area contributed by atoms with Gasteiger partial charge in [-0.05, 0) is 31.9 Å². The van der Waals surface area contributed by atoms with E-state index < -0.39 is 0 Å². The van der Waals surface area contributed by atoms with Gasteiger partial charge in [-0.3, -0.25) is 11.3 Å². The van der Waals surface area contributed by atoms with E-state index in [1.54, 1.807) is 12.1 Å². The van der Waals surface area contributed by atoms with Crippen molar-refractivity contribution in [2.45, 2.75) is 39.0 Å². The van der Waals surface area contributed by atoms with E-state index in [2.05, 4.69) is 12.3 Å². The largest absolute Gasteiger partial charge is 0.375 e. The van der Waals surface area contributed by atoms with Gasteiger partial charge in [0.2, 0.25) is 0 Å². The van der Waals surface area contributed by atoms with Crippen molar-refractivity contribution in [3.05, 3.63) is 34.6 Å². The maximum atomic E-state index is 14.1. The van der Waals surface area contributed by atoms with E-state index in [0.717, 1.165) is 0 Å². The minimum Gasteiger partial charge on any atom is -0.375 e. The first-order valence-electron chi connectivity index (χ1n) is 6.52. The van der Waals surface area contributed by atoms with Gasteiger partial charge in [0.1, 0.15) is 5.82 Å². The second-order valence-electron chi connectivity index (χ2n) is 5.29. The quantitative estimate of drug-likeness (QED) is 0.663. The van der Waals surface area contributed by atoms with Crippen LogP contribution >= 0.6 is 11.6 Å². The molecule has 0 saturated carbocycles. The predicted octanol–water partition coefficient (Wildman–Crippen LogP) is 3.04. The molecule has 1 aromatic carbocycles. The molecule has 1 saturated heterocycles. The van der Waals surface area contributed by atoms with Gasteiger partial charge in [-0.15, -0.1) is 0 Å². The fourth-order valence-electron chi connectivity index (χ4n) is 3.03. The van der Waals surface area contributed by atoms with Gasteiger partial charge in [0, 0.05) is 16.5 Å². The van der Waals surface area contributed by atoms with Crippen molar-refractivity contribution < 1.29 is 9.13 Å². The van der Waals surface area contributed by atoms with Crippen LogP contribution < -0.4 is 11.3 Å². The van der Waals surface area contributed by atoms with Gasteiger partial charge in [0.25, 0.3) is 0 Å². The van der Waals surface area contributed by atoms with Crippen molar-refractivity contribution in [3.8, 4) is 0 Å². The summed E-state index contributed by atoms with van der Waals surface area (Å²) in [6, 6.07) is 4.39. The van der Waals surface area contributed by atoms with Crippen LogP contribution in [0.3, 0.4) is 0 Å². The van der Waals surface area contributed by atoms with Crippen LogP contribution in [0.4, 0.5) is 4.39 Å². The van der Waals surface area contributed by atoms with Crippen LogP contribution in [0.15, 0.2) is 18.2 Å². The van der Waals surface area contributed by atoms with Gasteiger partial charge in [0.15, 0.2) is 0 Å². The third kappa shape index (κ3) is 2.77. The molecule has 0 spiro atoms. The smallest absolute Gasteiger partial charge is 0.129 e. The Kier molecular flexibility index (Phi) is 4.46. The summed E-state index contributed by atoms with van der Waals surface area (Å²) < 4.78 is 19.9. The first-order chi connectivity index (χ1) is 8.95. The van der Waals surface area contributed by atoms with Crippen LogP contribution in [-0.4, -0.2) is 12.2 Å². The molecule has 5 atom stereocenters. The molecule has 0 bridgehead atoms. The van der Waals surface area contributed by atoms with E-state index in [-0.39, 0.29) is 30.0 Å². The van der Waals surface area contributed by atoms with E-state index in [4.69, 9.17) is 22.2 Å². The van der Waals surface area contributed by atoms with E-state index in [0.29, 0.717) is 16.5 Å². The highest BCUT2D eigenvalue weighted by molar-refractivity contribution is 6.30. The zero-order valence-electron chi connectivity index (χ0n) is 11.4. The topological polar surface area (TPSA) is 47.3 Å². The van der Waals surface area contributed by atoms with Crippen LogP contribution in [0.5, 0.6) is 0 Å². The third-order valence-corrected chi connectivity index (χ3v) is 4.42. The van der Waals surface area contributed by atoms with Crippen molar-refractivity contribution in [1.29, 1.82) is 0 Å². The maximum absolute atomic E-state index is 14.1. The van der Waals surface area contributed by atoms with E-state index >= 15 is 0 Å². The molecule has 1 aromatic rings. The molecule has 3 N–H and O–H groups in total. The highest BCUT2D eigenvalue weighted by Crippen LogP contribution is 2.41. The third-order valence-electron chi connectivity index (χ3n) is 4.18. The molecule has 5 unspecified atom stereocenters. The monoisotopic (exact) mass is 286 g/mol. The van der Waals surface area contributed by atoms with E-state index in [9.17, 15) is 4.39 Å². The number of benzene rings is 1. The number of halogens is 2. The summed E-state index contributed by atoms with van der Waals surface area (Å²) in [5.41, 5.74) is 3.27. The zero-order valence-corrected chi connectivity index (χ0v) is 12.1. The van der Waals surface area contributed by atoms with Crippen molar-refractivity contribution in [3.63, 3.8) is 0 Å². The van der Waals surface area contributed by atoms with Crippen LogP contribution in [0.2, 0.25) is 5.02 Å². The molecular weight excluding hydrogens is 267 g/mol. The Morgan fingerprint density at radius 3 is 2.47 bits per heavy atom. The summed E-state index contributed by atoms with van der Waals surface area (Å²) in [6.45, 7) is 6.15. The minimum absolute atomic E-state index is 0.0288. The minimum atomic E-state index is -0.339. The number of hydrogen-bond donors (Lipinski definition) is 2. The Bertz CT molecular complexity index is 457. The summed E-state index contributed by atoms with van der Waals surface area (Å²) in [6.07, 6.45) is 0.173. The van der Waals surface area contributed by atoms with Crippen molar-refractivity contribution in [2.24, 2.45) is 17.7 Å². The van der Waals surface area contributed by atoms with Gasteiger partial charge >= 0.3 is 0 Å². The highest BCUT2D eigenvalue weighted by atomic mass is 35.5. The van der Waals surface area contributed by atoms with Crippen LogP contribution in [0.25, 0.3) is 0 Å². The first kappa shape index (κ1) is 14.7. The average Bonchev–Trinajstić information content (AvgIpc) is 2.59. The van der Waals surface area contributed by atoms with Crippen LogP contribution in [-0.2, 0) is 4.74 Å². The van der Waals surface area contributed by atoms with Gasteiger partial charge in [-0.25, -0.2) is 4.39 Å². The summed E-state index contributed by atoms with van der Waals surface area (Å²) >= 11 is 5.79. The summed E-state index contributed by atoms with van der Waals surface area (Å²) in [5, 5.41) is 0.383. The standard InChI is InChI=1S/C14H20ClFN2O/c1-7-8(2)19-9(3)13(7)14(18-17)11-5-4-10(15)6-12(11)16/h4-9,13-14,18H,17H2,1-3H3. The van der Waals surface area contributed by atoms with E-state index in [1.165, 1.54) is 6.07 Å². The maximum Gasteiger partial charge on any atom is 0.129 e. The molecule has 0 aromatic heterocycles. The van der Waals surface area contributed by atoms with Crippen molar-refractivity contribution in [2.75, 3.05) is 0 Å². The van der Waals surface area contributed by atoms with Crippen molar-refractivity contribution in [1.82, 2.24) is 5.43 Å². The number of nitrogens with two attached hydrogens (primary N) is 1. The zero-order chi connectivity index (χ0) is 14.2. The lowest BCUT2D eigenvalue weighted by molar-refractivity contribution is 0.0473. The molecule has 3 nitrogen and oxygen atoms in total. The molecule has 1 aliphatic heterocycles. The fourth-order valence-corrected chi connectivity index (χ4v) is 3.19. The van der Waals surface area contributed by atoms with Crippen LogP contribution in [0, 0.1) is 17.7 Å². The summed E-state index contributed by atoms with van der Waals surface area (Å²) in [5.74, 6) is 5.74. The molecule has 0 radical (unpaired) electrons. The molecule has 5 heteroatoms. The second kappa shape index (κ2) is 5.75. The first-order valence-corrected chi connectivity index (χ1v) is 6.90. The lowest BCUT2D eigenvalue weighted by Gasteiger charge is -2.29. The molecule has 1 fully saturated rings. The number of hydrogen-bond acceptors (Lipinski definition) is 3. The Balaban J connectivity index is 2.34. The molecule has 1 aliphatic rings. The number of hydrazine groups is 1. The van der Waals surface area contributed by atoms with E-state index in [1.807, 2.05) is 13.8 Å². The molecule has 0 aliphatic carbocycles. The number of rotatable bonds is 3. The van der Waals surface area contributed by atoms with Gasteiger partial charge in [-0.2, -0.15) is 0 Å². The second-order valence-corrected chi connectivity index (χ2v) is 5.73. The lowest BCUT2D eigenvalue weighted by atomic mass is 9.80. The Hall–Kier alpha value is -0.680. The van der Waals surface area contributed by atoms with Gasteiger partial charge in [-0.1, -0.05) is 24.6 Å². The molecule has 2 rings (SSSR count). The summed E-state index contributed by atoms with van der Waals surface area (Å²) in [7, 11) is 0. The molecule has 19 heavy (non-hydrogen) atoms. The average molecular weight is 287 g/mol. The number of ether oxygens (including phenoxy) is 1. The molecular formula is C14H20ClFN2O. The predicted molar refractivity (Wildman–Crippen MR) is 74.1 cm³/mol. The Morgan fingerprint density at radius 1 is 1.32 bits per heavy atom. The van der Waals surface area contributed by atoms with Crippen molar-refractivity contribution >= 4 is 11.6 Å². The molecule has 106 valence electrons. The lowest BCUT2D eigenvalue weighted by Crippen LogP contribution is -2.39. The van der Waals surface area contributed by atoms with Crippen LogP contribution in [0.1, 0.15) is 32.4 Å². The normalized spacial score (nSPS) is 32.5. The molecule has 0 amide bonds. The highest BCUT2D eigenvalue weighted by Gasteiger charge is 2.42. The molecule has 1 heterocycles. The summed E-state index contributed by atoms with van der Waals surface area (Å²) in [4.78, 5) is 0. The Labute approximate surface area is 118 Å². The van der Waals surface area contributed by atoms with Gasteiger partial charge in [0.05, 0.1) is 18.2 Å². The fraction of sp³-hybridized carbons (Fsp3) is 0.571. The SMILES string of the molecule is CC1OC(C)C(C(NN)c2ccc(Cl)cc2F)C1C. The number of nitrogens with one attached hydrogen (secondary N) is 1. The van der Waals surface area contributed by atoms with Gasteiger partial charge < -0.3 is 4.74 Å².